The first kappa shape index (κ1) is 16.9. The highest BCUT2D eigenvalue weighted by atomic mass is 16.3. The number of aliphatic hydroxyl groups is 1. The largest absolute Gasteiger partial charge is 0.503 e. The number of Topliss-reactive ketones (excluding diaryl/α,β-unsaturated/α-hetero) is 1. The van der Waals surface area contributed by atoms with Crippen LogP contribution in [0.15, 0.2) is 75.2 Å². The summed E-state index contributed by atoms with van der Waals surface area (Å²) in [5.74, 6) is -1.39. The molecule has 0 bridgehead atoms. The van der Waals surface area contributed by atoms with Gasteiger partial charge in [-0.15, -0.1) is 0 Å². The number of ketones is 1. The van der Waals surface area contributed by atoms with Gasteiger partial charge in [-0.25, -0.2) is 0 Å². The number of aryl methyl sites for hydroxylation is 2. The maximum Gasteiger partial charge on any atom is 0.294 e. The monoisotopic (exact) mass is 363 g/mol. The van der Waals surface area contributed by atoms with Gasteiger partial charge in [-0.3, -0.25) is 14.5 Å². The number of anilines is 1. The van der Waals surface area contributed by atoms with Crippen molar-refractivity contribution in [1.29, 1.82) is 0 Å². The molecule has 0 radical (unpaired) electrons. The summed E-state index contributed by atoms with van der Waals surface area (Å²) in [6, 6.07) is 11.2. The SMILES string of the molecule is Cc1cc(C)cc(N2C(=O)C(O)=C(C(=O)c3ccco3)C2c2ccco2)c1. The molecule has 27 heavy (non-hydrogen) atoms. The first-order valence-electron chi connectivity index (χ1n) is 8.44. The van der Waals surface area contributed by atoms with Gasteiger partial charge < -0.3 is 13.9 Å². The van der Waals surface area contributed by atoms with Crippen molar-refractivity contribution in [3.05, 3.63) is 89.0 Å². The summed E-state index contributed by atoms with van der Waals surface area (Å²) in [5, 5.41) is 10.6. The predicted octanol–water partition coefficient (Wildman–Crippen LogP) is 4.27. The Balaban J connectivity index is 1.88. The fraction of sp³-hybridized carbons (Fsp3) is 0.143. The van der Waals surface area contributed by atoms with Crippen LogP contribution in [0.3, 0.4) is 0 Å². The van der Waals surface area contributed by atoms with Crippen LogP contribution in [0.5, 0.6) is 0 Å². The Morgan fingerprint density at radius 1 is 1.04 bits per heavy atom. The highest BCUT2D eigenvalue weighted by Gasteiger charge is 2.46. The van der Waals surface area contributed by atoms with E-state index in [1.165, 1.54) is 23.5 Å². The third kappa shape index (κ3) is 2.75. The predicted molar refractivity (Wildman–Crippen MR) is 97.5 cm³/mol. The number of aliphatic hydroxyl groups excluding tert-OH is 1. The van der Waals surface area contributed by atoms with Gasteiger partial charge in [-0.2, -0.15) is 0 Å². The number of carbonyl (C=O) groups excluding carboxylic acids is 2. The molecule has 1 amide bonds. The lowest BCUT2D eigenvalue weighted by Crippen LogP contribution is -2.31. The van der Waals surface area contributed by atoms with Gasteiger partial charge in [-0.05, 0) is 61.4 Å². The molecule has 1 aromatic carbocycles. The van der Waals surface area contributed by atoms with Gasteiger partial charge in [0.05, 0.1) is 18.1 Å². The Labute approximate surface area is 155 Å². The van der Waals surface area contributed by atoms with E-state index in [1.54, 1.807) is 18.2 Å². The number of carbonyl (C=O) groups is 2. The zero-order chi connectivity index (χ0) is 19.1. The van der Waals surface area contributed by atoms with Crippen molar-refractivity contribution in [3.63, 3.8) is 0 Å². The van der Waals surface area contributed by atoms with Gasteiger partial charge in [-0.1, -0.05) is 6.07 Å². The molecule has 1 N–H and O–H groups in total. The van der Waals surface area contributed by atoms with E-state index in [4.69, 9.17) is 8.83 Å². The van der Waals surface area contributed by atoms with Crippen LogP contribution in [0.2, 0.25) is 0 Å². The first-order valence-corrected chi connectivity index (χ1v) is 8.44. The smallest absolute Gasteiger partial charge is 0.294 e. The topological polar surface area (TPSA) is 83.9 Å². The fourth-order valence-corrected chi connectivity index (χ4v) is 3.45. The first-order chi connectivity index (χ1) is 13.0. The number of rotatable bonds is 4. The molecule has 0 saturated carbocycles. The van der Waals surface area contributed by atoms with E-state index in [0.717, 1.165) is 11.1 Å². The summed E-state index contributed by atoms with van der Waals surface area (Å²) in [7, 11) is 0. The zero-order valence-electron chi connectivity index (χ0n) is 14.8. The van der Waals surface area contributed by atoms with Gasteiger partial charge in [0, 0.05) is 5.69 Å². The van der Waals surface area contributed by atoms with Crippen LogP contribution in [-0.2, 0) is 4.79 Å². The van der Waals surface area contributed by atoms with Crippen molar-refractivity contribution in [2.45, 2.75) is 19.9 Å². The summed E-state index contributed by atoms with van der Waals surface area (Å²) in [5.41, 5.74) is 2.43. The fourth-order valence-electron chi connectivity index (χ4n) is 3.45. The van der Waals surface area contributed by atoms with Crippen LogP contribution in [0, 0.1) is 13.8 Å². The van der Waals surface area contributed by atoms with Gasteiger partial charge in [0.25, 0.3) is 5.91 Å². The molecule has 136 valence electrons. The summed E-state index contributed by atoms with van der Waals surface area (Å²) in [4.78, 5) is 27.2. The molecule has 2 aromatic heterocycles. The van der Waals surface area contributed by atoms with E-state index in [-0.39, 0.29) is 11.3 Å². The third-order valence-corrected chi connectivity index (χ3v) is 4.50. The van der Waals surface area contributed by atoms with Crippen molar-refractivity contribution in [1.82, 2.24) is 0 Å². The minimum Gasteiger partial charge on any atom is -0.503 e. The Kier molecular flexibility index (Phi) is 3.96. The van der Waals surface area contributed by atoms with E-state index >= 15 is 0 Å². The molecule has 1 aliphatic heterocycles. The summed E-state index contributed by atoms with van der Waals surface area (Å²) in [6.45, 7) is 3.84. The molecule has 6 nitrogen and oxygen atoms in total. The van der Waals surface area contributed by atoms with Gasteiger partial charge >= 0.3 is 0 Å². The van der Waals surface area contributed by atoms with Crippen LogP contribution in [-0.4, -0.2) is 16.8 Å². The molecule has 0 aliphatic carbocycles. The molecule has 3 aromatic rings. The van der Waals surface area contributed by atoms with Crippen molar-refractivity contribution in [3.8, 4) is 0 Å². The molecule has 1 atom stereocenters. The number of hydrogen-bond donors (Lipinski definition) is 1. The third-order valence-electron chi connectivity index (χ3n) is 4.50. The number of amides is 1. The standard InChI is InChI=1S/C21H17NO5/c1-12-9-13(2)11-14(10-12)22-18(15-5-3-7-26-15)17(20(24)21(22)25)19(23)16-6-4-8-27-16/h3-11,18,24H,1-2H3. The molecule has 0 saturated heterocycles. The normalized spacial score (nSPS) is 17.0. The molecule has 3 heterocycles. The lowest BCUT2D eigenvalue weighted by atomic mass is 9.99. The van der Waals surface area contributed by atoms with E-state index in [9.17, 15) is 14.7 Å². The molecule has 0 fully saturated rings. The van der Waals surface area contributed by atoms with Gasteiger partial charge in [0.2, 0.25) is 5.78 Å². The molecule has 0 spiro atoms. The minimum absolute atomic E-state index is 0.0446. The lowest BCUT2D eigenvalue weighted by molar-refractivity contribution is -0.117. The highest BCUT2D eigenvalue weighted by molar-refractivity contribution is 6.20. The van der Waals surface area contributed by atoms with Crippen LogP contribution in [0.4, 0.5) is 5.69 Å². The number of nitrogens with zero attached hydrogens (tertiary/aromatic N) is 1. The average molecular weight is 363 g/mol. The Morgan fingerprint density at radius 3 is 2.30 bits per heavy atom. The summed E-state index contributed by atoms with van der Waals surface area (Å²) >= 11 is 0. The summed E-state index contributed by atoms with van der Waals surface area (Å²) in [6.07, 6.45) is 2.83. The second-order valence-corrected chi connectivity index (χ2v) is 6.51. The molecule has 1 aliphatic rings. The Hall–Kier alpha value is -3.54. The molecule has 1 unspecified atom stereocenters. The number of hydrogen-bond acceptors (Lipinski definition) is 5. The van der Waals surface area contributed by atoms with E-state index < -0.39 is 23.5 Å². The minimum atomic E-state index is -0.883. The van der Waals surface area contributed by atoms with Crippen LogP contribution in [0.1, 0.15) is 33.5 Å². The maximum absolute atomic E-state index is 12.9. The highest BCUT2D eigenvalue weighted by Crippen LogP contribution is 2.42. The average Bonchev–Trinajstić information content (AvgIpc) is 3.35. The van der Waals surface area contributed by atoms with Gasteiger partial charge in [0.15, 0.2) is 11.5 Å². The van der Waals surface area contributed by atoms with Crippen LogP contribution < -0.4 is 4.90 Å². The molecular weight excluding hydrogens is 346 g/mol. The zero-order valence-corrected chi connectivity index (χ0v) is 14.8. The molecule has 4 rings (SSSR count). The van der Waals surface area contributed by atoms with E-state index in [1.807, 2.05) is 32.0 Å². The van der Waals surface area contributed by atoms with Crippen LogP contribution in [0.25, 0.3) is 0 Å². The molecular formula is C21H17NO5. The maximum atomic E-state index is 12.9. The van der Waals surface area contributed by atoms with Crippen molar-refractivity contribution < 1.29 is 23.5 Å². The van der Waals surface area contributed by atoms with Crippen molar-refractivity contribution in [2.24, 2.45) is 0 Å². The van der Waals surface area contributed by atoms with Crippen molar-refractivity contribution in [2.75, 3.05) is 4.90 Å². The Bertz CT molecular complexity index is 1020. The quantitative estimate of drug-likeness (QED) is 0.700. The van der Waals surface area contributed by atoms with E-state index in [2.05, 4.69) is 0 Å². The van der Waals surface area contributed by atoms with Crippen molar-refractivity contribution >= 4 is 17.4 Å². The molecule has 6 heteroatoms. The number of benzene rings is 1. The van der Waals surface area contributed by atoms with Gasteiger partial charge in [0.1, 0.15) is 11.8 Å². The second kappa shape index (κ2) is 6.32. The Morgan fingerprint density at radius 2 is 1.70 bits per heavy atom. The second-order valence-electron chi connectivity index (χ2n) is 6.51. The van der Waals surface area contributed by atoms with Crippen LogP contribution >= 0.6 is 0 Å². The number of furan rings is 2. The lowest BCUT2D eigenvalue weighted by Gasteiger charge is -2.25. The summed E-state index contributed by atoms with van der Waals surface area (Å²) < 4.78 is 10.7. The van der Waals surface area contributed by atoms with E-state index in [0.29, 0.717) is 11.4 Å².